The van der Waals surface area contributed by atoms with Crippen LogP contribution in [0.25, 0.3) is 10.2 Å². The number of methoxy groups -OCH3 is 2. The number of hydrogen-bond donors (Lipinski definition) is 0. The number of fused-ring (bicyclic) bond motifs is 1. The van der Waals surface area contributed by atoms with Crippen molar-refractivity contribution in [3.8, 4) is 11.5 Å². The van der Waals surface area contributed by atoms with Gasteiger partial charge in [0.1, 0.15) is 11.5 Å². The molecule has 28 heavy (non-hydrogen) atoms. The normalized spacial score (nSPS) is 12.0. The third-order valence-corrected chi connectivity index (χ3v) is 5.70. The average molecular weight is 399 g/mol. The van der Waals surface area contributed by atoms with Crippen molar-refractivity contribution in [2.75, 3.05) is 14.2 Å². The molecule has 0 aliphatic carbocycles. The molecule has 0 aliphatic rings. The Bertz CT molecular complexity index is 1060. The summed E-state index contributed by atoms with van der Waals surface area (Å²) in [5.74, 6) is 1.23. The lowest BCUT2D eigenvalue weighted by Gasteiger charge is -2.08. The highest BCUT2D eigenvalue weighted by Gasteiger charge is 2.14. The quantitative estimate of drug-likeness (QED) is 0.587. The lowest BCUT2D eigenvalue weighted by atomic mass is 10.0. The zero-order valence-corrected chi connectivity index (χ0v) is 17.8. The molecular weight excluding hydrogens is 372 g/mol. The number of aromatic nitrogens is 1. The van der Waals surface area contributed by atoms with Gasteiger partial charge in [0.2, 0.25) is 0 Å². The highest BCUT2D eigenvalue weighted by Crippen LogP contribution is 2.26. The molecule has 148 valence electrons. The number of amides is 1. The largest absolute Gasteiger partial charge is 0.497 e. The van der Waals surface area contributed by atoms with Gasteiger partial charge in [-0.15, -0.1) is 0 Å². The van der Waals surface area contributed by atoms with Gasteiger partial charge in [-0.2, -0.15) is 4.99 Å². The Kier molecular flexibility index (Phi) is 6.19. The average Bonchev–Trinajstić information content (AvgIpc) is 3.03. The van der Waals surface area contributed by atoms with Gasteiger partial charge in [-0.05, 0) is 42.2 Å². The van der Waals surface area contributed by atoms with Crippen molar-refractivity contribution >= 4 is 27.5 Å². The summed E-state index contributed by atoms with van der Waals surface area (Å²) in [6, 6.07) is 11.6. The molecule has 3 aromatic rings. The van der Waals surface area contributed by atoms with Crippen molar-refractivity contribution in [1.82, 2.24) is 4.57 Å². The fourth-order valence-corrected chi connectivity index (χ4v) is 4.20. The Morgan fingerprint density at radius 3 is 2.57 bits per heavy atom. The van der Waals surface area contributed by atoms with Gasteiger partial charge < -0.3 is 14.0 Å². The first-order valence-electron chi connectivity index (χ1n) is 9.42. The van der Waals surface area contributed by atoms with E-state index in [1.54, 1.807) is 36.6 Å². The van der Waals surface area contributed by atoms with Gasteiger partial charge in [-0.1, -0.05) is 38.2 Å². The molecule has 6 heteroatoms. The summed E-state index contributed by atoms with van der Waals surface area (Å²) in [6.07, 6.45) is 0.963. The first-order chi connectivity index (χ1) is 13.5. The zero-order valence-electron chi connectivity index (χ0n) is 17.0. The Hall–Kier alpha value is -2.60. The Morgan fingerprint density at radius 2 is 1.93 bits per heavy atom. The number of carbonyl (C=O) groups excluding carboxylic acids is 1. The van der Waals surface area contributed by atoms with Crippen molar-refractivity contribution in [3.05, 3.63) is 52.3 Å². The van der Waals surface area contributed by atoms with Crippen LogP contribution in [0.3, 0.4) is 0 Å². The van der Waals surface area contributed by atoms with Crippen LogP contribution in [0, 0.1) is 0 Å². The Balaban J connectivity index is 2.12. The number of rotatable bonds is 6. The number of carbonyl (C=O) groups is 1. The van der Waals surface area contributed by atoms with Gasteiger partial charge in [0.05, 0.1) is 30.0 Å². The Morgan fingerprint density at radius 1 is 1.14 bits per heavy atom. The van der Waals surface area contributed by atoms with E-state index < -0.39 is 0 Å². The molecule has 3 rings (SSSR count). The van der Waals surface area contributed by atoms with Crippen LogP contribution in [0.2, 0.25) is 0 Å². The van der Waals surface area contributed by atoms with Gasteiger partial charge in [0, 0.05) is 12.6 Å². The number of aryl methyl sites for hydroxylation is 1. The molecule has 0 saturated heterocycles. The lowest BCUT2D eigenvalue weighted by molar-refractivity contribution is 0.0995. The smallest absolute Gasteiger partial charge is 0.283 e. The summed E-state index contributed by atoms with van der Waals surface area (Å²) in [5.41, 5.74) is 2.82. The second-order valence-corrected chi connectivity index (χ2v) is 7.91. The Labute approximate surface area is 169 Å². The van der Waals surface area contributed by atoms with E-state index >= 15 is 0 Å². The molecule has 1 heterocycles. The molecule has 0 fully saturated rings. The maximum Gasteiger partial charge on any atom is 0.283 e. The van der Waals surface area contributed by atoms with Crippen molar-refractivity contribution in [3.63, 3.8) is 0 Å². The van der Waals surface area contributed by atoms with E-state index in [2.05, 4.69) is 48.5 Å². The molecule has 0 aliphatic heterocycles. The number of ether oxygens (including phenoxy) is 2. The number of benzene rings is 2. The SMILES string of the molecule is CCCn1c(=NC(=O)c2ccc(OC)cc2OC)sc2cc(C(C)C)ccc21. The monoisotopic (exact) mass is 398 g/mol. The summed E-state index contributed by atoms with van der Waals surface area (Å²) < 4.78 is 13.8. The fourth-order valence-electron chi connectivity index (χ4n) is 3.10. The molecule has 0 radical (unpaired) electrons. The molecule has 0 atom stereocenters. The number of thiazole rings is 1. The van der Waals surface area contributed by atoms with E-state index in [0.717, 1.165) is 23.2 Å². The van der Waals surface area contributed by atoms with E-state index in [1.807, 2.05) is 0 Å². The molecule has 0 spiro atoms. The van der Waals surface area contributed by atoms with E-state index in [1.165, 1.54) is 12.7 Å². The van der Waals surface area contributed by atoms with Gasteiger partial charge >= 0.3 is 0 Å². The number of hydrogen-bond acceptors (Lipinski definition) is 4. The summed E-state index contributed by atoms with van der Waals surface area (Å²) >= 11 is 1.55. The predicted molar refractivity (Wildman–Crippen MR) is 114 cm³/mol. The van der Waals surface area contributed by atoms with Crippen LogP contribution in [0.5, 0.6) is 11.5 Å². The molecule has 0 bridgehead atoms. The van der Waals surface area contributed by atoms with Gasteiger partial charge in [0.15, 0.2) is 4.80 Å². The van der Waals surface area contributed by atoms with E-state index in [-0.39, 0.29) is 5.91 Å². The molecule has 1 aromatic heterocycles. The van der Waals surface area contributed by atoms with E-state index in [0.29, 0.717) is 27.8 Å². The highest BCUT2D eigenvalue weighted by molar-refractivity contribution is 7.16. The van der Waals surface area contributed by atoms with Gasteiger partial charge in [0.25, 0.3) is 5.91 Å². The summed E-state index contributed by atoms with van der Waals surface area (Å²) in [7, 11) is 3.12. The lowest BCUT2D eigenvalue weighted by Crippen LogP contribution is -2.17. The minimum atomic E-state index is -0.319. The fraction of sp³-hybridized carbons (Fsp3) is 0.364. The minimum Gasteiger partial charge on any atom is -0.497 e. The third-order valence-electron chi connectivity index (χ3n) is 4.66. The maximum absolute atomic E-state index is 12.9. The molecule has 2 aromatic carbocycles. The summed E-state index contributed by atoms with van der Waals surface area (Å²) in [4.78, 5) is 18.1. The minimum absolute atomic E-state index is 0.319. The first-order valence-corrected chi connectivity index (χ1v) is 10.2. The molecule has 1 amide bonds. The van der Waals surface area contributed by atoms with Crippen LogP contribution in [0.1, 0.15) is 49.0 Å². The number of nitrogens with zero attached hydrogens (tertiary/aromatic N) is 2. The third kappa shape index (κ3) is 3.97. The van der Waals surface area contributed by atoms with Crippen LogP contribution >= 0.6 is 11.3 Å². The van der Waals surface area contributed by atoms with Crippen LogP contribution in [0.15, 0.2) is 41.4 Å². The van der Waals surface area contributed by atoms with Crippen molar-refractivity contribution in [1.29, 1.82) is 0 Å². The summed E-state index contributed by atoms with van der Waals surface area (Å²) in [5, 5.41) is 0. The van der Waals surface area contributed by atoms with Crippen molar-refractivity contribution in [2.45, 2.75) is 39.7 Å². The standard InChI is InChI=1S/C22H26N2O3S/c1-6-11-24-18-10-7-15(14(2)3)12-20(18)28-22(24)23-21(25)17-9-8-16(26-4)13-19(17)27-5/h7-10,12-14H,6,11H2,1-5H3. The van der Waals surface area contributed by atoms with Crippen LogP contribution in [-0.2, 0) is 6.54 Å². The molecule has 5 nitrogen and oxygen atoms in total. The van der Waals surface area contributed by atoms with Crippen molar-refractivity contribution < 1.29 is 14.3 Å². The van der Waals surface area contributed by atoms with E-state index in [4.69, 9.17) is 9.47 Å². The van der Waals surface area contributed by atoms with Crippen LogP contribution < -0.4 is 14.3 Å². The predicted octanol–water partition coefficient (Wildman–Crippen LogP) is 4.99. The van der Waals surface area contributed by atoms with Gasteiger partial charge in [-0.3, -0.25) is 4.79 Å². The maximum atomic E-state index is 12.9. The van der Waals surface area contributed by atoms with Gasteiger partial charge in [-0.25, -0.2) is 0 Å². The van der Waals surface area contributed by atoms with Crippen molar-refractivity contribution in [2.24, 2.45) is 4.99 Å². The molecular formula is C22H26N2O3S. The highest BCUT2D eigenvalue weighted by atomic mass is 32.1. The van der Waals surface area contributed by atoms with Crippen LogP contribution in [0.4, 0.5) is 0 Å². The second kappa shape index (κ2) is 8.61. The summed E-state index contributed by atoms with van der Waals surface area (Å²) in [6.45, 7) is 7.29. The van der Waals surface area contributed by atoms with Crippen LogP contribution in [-0.4, -0.2) is 24.7 Å². The second-order valence-electron chi connectivity index (χ2n) is 6.90. The zero-order chi connectivity index (χ0) is 20.3. The molecule has 0 N–H and O–H groups in total. The molecule has 0 saturated carbocycles. The molecule has 0 unspecified atom stereocenters. The van der Waals surface area contributed by atoms with E-state index in [9.17, 15) is 4.79 Å². The first kappa shape index (κ1) is 20.1. The topological polar surface area (TPSA) is 52.8 Å².